The van der Waals surface area contributed by atoms with Gasteiger partial charge in [0, 0.05) is 44.7 Å². The van der Waals surface area contributed by atoms with Crippen LogP contribution in [0.5, 0.6) is 0 Å². The molecule has 11 aromatic rings. The molecule has 3 heteroatoms. The molecule has 0 N–H and O–H groups in total. The van der Waals surface area contributed by atoms with Crippen molar-refractivity contribution < 1.29 is 8.83 Å². The monoisotopic (exact) mass is 729 g/mol. The van der Waals surface area contributed by atoms with E-state index in [0.29, 0.717) is 0 Å². The zero-order valence-electron chi connectivity index (χ0n) is 31.0. The third kappa shape index (κ3) is 5.85. The quantitative estimate of drug-likeness (QED) is 0.164. The summed E-state index contributed by atoms with van der Waals surface area (Å²) in [6.07, 6.45) is 0. The van der Waals surface area contributed by atoms with Gasteiger partial charge in [-0.25, -0.2) is 0 Å². The van der Waals surface area contributed by atoms with E-state index in [2.05, 4.69) is 199 Å². The van der Waals surface area contributed by atoms with Gasteiger partial charge in [0.05, 0.1) is 0 Å². The van der Waals surface area contributed by atoms with Gasteiger partial charge in [0.1, 0.15) is 22.3 Å². The summed E-state index contributed by atoms with van der Waals surface area (Å²) in [7, 11) is 0. The van der Waals surface area contributed by atoms with Crippen LogP contribution in [-0.4, -0.2) is 0 Å². The first-order chi connectivity index (χ1) is 28.2. The summed E-state index contributed by atoms with van der Waals surface area (Å²) in [5, 5.41) is 4.48. The molecule has 9 aromatic carbocycles. The predicted octanol–water partition coefficient (Wildman–Crippen LogP) is 15.6. The average molecular weight is 730 g/mol. The molecule has 0 aliphatic heterocycles. The van der Waals surface area contributed by atoms with E-state index in [9.17, 15) is 0 Å². The van der Waals surface area contributed by atoms with Crippen LogP contribution in [0.4, 0.5) is 17.1 Å². The largest absolute Gasteiger partial charge is 0.456 e. The van der Waals surface area contributed by atoms with E-state index in [1.165, 1.54) is 22.3 Å². The van der Waals surface area contributed by atoms with Crippen LogP contribution in [0.2, 0.25) is 0 Å². The molecular weight excluding hydrogens is 695 g/mol. The summed E-state index contributed by atoms with van der Waals surface area (Å²) in [6, 6.07) is 75.1. The molecule has 3 nitrogen and oxygen atoms in total. The van der Waals surface area contributed by atoms with Crippen molar-refractivity contribution in [2.45, 2.75) is 0 Å². The summed E-state index contributed by atoms with van der Waals surface area (Å²) in [5.74, 6) is 0. The highest BCUT2D eigenvalue weighted by Gasteiger charge is 2.18. The van der Waals surface area contributed by atoms with Crippen molar-refractivity contribution >= 4 is 60.9 Å². The SMILES string of the molecule is c1ccc(-c2ccc(-c3ccc(-c4cc(-c5ccc(N(c6ccccc6)c6ccc7c(c6)oc6ccccc67)cc5)cc5oc6ccccc6c45)cc3)cc2)cc1. The zero-order chi connectivity index (χ0) is 37.7. The third-order valence-corrected chi connectivity index (χ3v) is 11.1. The van der Waals surface area contributed by atoms with Crippen molar-refractivity contribution in [1.29, 1.82) is 0 Å². The molecule has 0 fully saturated rings. The van der Waals surface area contributed by atoms with Gasteiger partial charge in [-0.1, -0.05) is 146 Å². The zero-order valence-corrected chi connectivity index (χ0v) is 31.0. The molecule has 268 valence electrons. The molecule has 0 radical (unpaired) electrons. The van der Waals surface area contributed by atoms with E-state index in [-0.39, 0.29) is 0 Å². The molecule has 0 atom stereocenters. The van der Waals surface area contributed by atoms with Crippen molar-refractivity contribution in [1.82, 2.24) is 0 Å². The van der Waals surface area contributed by atoms with Gasteiger partial charge in [-0.15, -0.1) is 0 Å². The number of para-hydroxylation sites is 3. The van der Waals surface area contributed by atoms with Crippen LogP contribution in [0.15, 0.2) is 221 Å². The number of nitrogens with zero attached hydrogens (tertiary/aromatic N) is 1. The Hall–Kier alpha value is -7.62. The topological polar surface area (TPSA) is 29.5 Å². The Morgan fingerprint density at radius 2 is 0.719 bits per heavy atom. The van der Waals surface area contributed by atoms with Crippen LogP contribution in [0.1, 0.15) is 0 Å². The van der Waals surface area contributed by atoms with Crippen molar-refractivity contribution in [3.05, 3.63) is 212 Å². The fourth-order valence-electron chi connectivity index (χ4n) is 8.26. The first-order valence-corrected chi connectivity index (χ1v) is 19.3. The van der Waals surface area contributed by atoms with E-state index in [1.54, 1.807) is 0 Å². The van der Waals surface area contributed by atoms with Gasteiger partial charge in [0.25, 0.3) is 0 Å². The van der Waals surface area contributed by atoms with Crippen molar-refractivity contribution in [3.8, 4) is 44.5 Å². The fourth-order valence-corrected chi connectivity index (χ4v) is 8.26. The lowest BCUT2D eigenvalue weighted by Gasteiger charge is -2.25. The number of fused-ring (bicyclic) bond motifs is 6. The molecular formula is C54H35NO2. The molecule has 57 heavy (non-hydrogen) atoms. The second kappa shape index (κ2) is 13.6. The maximum absolute atomic E-state index is 6.53. The van der Waals surface area contributed by atoms with Gasteiger partial charge >= 0.3 is 0 Å². The number of rotatable bonds is 7. The van der Waals surface area contributed by atoms with Crippen molar-refractivity contribution in [2.75, 3.05) is 4.90 Å². The molecule has 0 saturated heterocycles. The lowest BCUT2D eigenvalue weighted by atomic mass is 9.93. The molecule has 0 spiro atoms. The van der Waals surface area contributed by atoms with Crippen LogP contribution in [0.25, 0.3) is 88.4 Å². The average Bonchev–Trinajstić information content (AvgIpc) is 3.85. The second-order valence-corrected chi connectivity index (χ2v) is 14.5. The molecule has 0 saturated carbocycles. The third-order valence-electron chi connectivity index (χ3n) is 11.1. The van der Waals surface area contributed by atoms with E-state index < -0.39 is 0 Å². The van der Waals surface area contributed by atoms with E-state index >= 15 is 0 Å². The number of furan rings is 2. The lowest BCUT2D eigenvalue weighted by molar-refractivity contribution is 0.668. The Morgan fingerprint density at radius 3 is 1.40 bits per heavy atom. The maximum atomic E-state index is 6.53. The van der Waals surface area contributed by atoms with Crippen LogP contribution in [-0.2, 0) is 0 Å². The summed E-state index contributed by atoms with van der Waals surface area (Å²) in [6.45, 7) is 0. The molecule has 2 aromatic heterocycles. The molecule has 0 aliphatic carbocycles. The maximum Gasteiger partial charge on any atom is 0.137 e. The van der Waals surface area contributed by atoms with E-state index in [4.69, 9.17) is 8.83 Å². The van der Waals surface area contributed by atoms with Crippen LogP contribution >= 0.6 is 0 Å². The molecule has 11 rings (SSSR count). The second-order valence-electron chi connectivity index (χ2n) is 14.5. The smallest absolute Gasteiger partial charge is 0.137 e. The van der Waals surface area contributed by atoms with Gasteiger partial charge < -0.3 is 13.7 Å². The van der Waals surface area contributed by atoms with Gasteiger partial charge in [-0.3, -0.25) is 0 Å². The highest BCUT2D eigenvalue weighted by molar-refractivity contribution is 6.14. The minimum Gasteiger partial charge on any atom is -0.456 e. The Morgan fingerprint density at radius 1 is 0.263 bits per heavy atom. The van der Waals surface area contributed by atoms with Crippen LogP contribution in [0, 0.1) is 0 Å². The normalized spacial score (nSPS) is 11.5. The molecule has 0 aliphatic rings. The first-order valence-electron chi connectivity index (χ1n) is 19.3. The minimum absolute atomic E-state index is 0.868. The molecule has 2 heterocycles. The van der Waals surface area contributed by atoms with E-state index in [0.717, 1.165) is 83.2 Å². The molecule has 0 bridgehead atoms. The first kappa shape index (κ1) is 32.8. The highest BCUT2D eigenvalue weighted by Crippen LogP contribution is 2.42. The van der Waals surface area contributed by atoms with Crippen LogP contribution in [0.3, 0.4) is 0 Å². The standard InChI is InChI=1S/C54H35NO2/c1-3-11-36(12-4-1)37-19-21-38(22-20-37)39-23-25-41(26-24-39)49-33-42(34-53-54(49)48-16-8-10-18-51(48)57-53)40-27-29-44(30-28-40)55(43-13-5-2-6-14-43)45-31-32-47-46-15-7-9-17-50(46)56-52(47)35-45/h1-35H. The number of benzene rings is 9. The Balaban J connectivity index is 0.973. The van der Waals surface area contributed by atoms with Crippen LogP contribution < -0.4 is 4.90 Å². The molecule has 0 amide bonds. The Bertz CT molecular complexity index is 3200. The van der Waals surface area contributed by atoms with Gasteiger partial charge in [-0.2, -0.15) is 0 Å². The predicted molar refractivity (Wildman–Crippen MR) is 237 cm³/mol. The van der Waals surface area contributed by atoms with Crippen molar-refractivity contribution in [2.24, 2.45) is 0 Å². The summed E-state index contributed by atoms with van der Waals surface area (Å²) in [4.78, 5) is 2.28. The number of anilines is 3. The minimum atomic E-state index is 0.868. The summed E-state index contributed by atoms with van der Waals surface area (Å²) >= 11 is 0. The number of hydrogen-bond acceptors (Lipinski definition) is 3. The highest BCUT2D eigenvalue weighted by atomic mass is 16.3. The van der Waals surface area contributed by atoms with Gasteiger partial charge in [-0.05, 0) is 105 Å². The summed E-state index contributed by atoms with van der Waals surface area (Å²) in [5.41, 5.74) is 16.0. The summed E-state index contributed by atoms with van der Waals surface area (Å²) < 4.78 is 12.8. The lowest BCUT2D eigenvalue weighted by Crippen LogP contribution is -2.09. The fraction of sp³-hybridized carbons (Fsp3) is 0. The molecule has 0 unspecified atom stereocenters. The van der Waals surface area contributed by atoms with Gasteiger partial charge in [0.15, 0.2) is 0 Å². The van der Waals surface area contributed by atoms with E-state index in [1.807, 2.05) is 18.2 Å². The number of hydrogen-bond donors (Lipinski definition) is 0. The van der Waals surface area contributed by atoms with Crippen molar-refractivity contribution in [3.63, 3.8) is 0 Å². The Labute approximate surface area is 330 Å². The van der Waals surface area contributed by atoms with Gasteiger partial charge in [0.2, 0.25) is 0 Å². The Kier molecular flexibility index (Phi) is 7.82.